The highest BCUT2D eigenvalue weighted by molar-refractivity contribution is 7.89. The zero-order chi connectivity index (χ0) is 24.0. The largest absolute Gasteiger partial charge is 0.274 e. The van der Waals surface area contributed by atoms with Gasteiger partial charge in [-0.25, -0.2) is 8.42 Å². The summed E-state index contributed by atoms with van der Waals surface area (Å²) >= 11 is 0. The normalized spacial score (nSPS) is 27.0. The van der Waals surface area contributed by atoms with E-state index in [0.717, 1.165) is 30.4 Å². The van der Waals surface area contributed by atoms with Crippen molar-refractivity contribution in [3.63, 3.8) is 0 Å². The number of anilines is 1. The van der Waals surface area contributed by atoms with Crippen LogP contribution in [-0.2, 0) is 19.6 Å². The van der Waals surface area contributed by atoms with Crippen molar-refractivity contribution < 1.29 is 18.0 Å². The lowest BCUT2D eigenvalue weighted by Crippen LogP contribution is -2.37. The predicted molar refractivity (Wildman–Crippen MR) is 130 cm³/mol. The smallest absolute Gasteiger partial charge is 0.243 e. The van der Waals surface area contributed by atoms with E-state index in [2.05, 4.69) is 13.0 Å². The number of unbranched alkanes of at least 4 members (excludes halogenated alkanes) is 1. The molecule has 0 unspecified atom stereocenters. The molecule has 0 saturated carbocycles. The van der Waals surface area contributed by atoms with Crippen molar-refractivity contribution in [1.29, 1.82) is 0 Å². The number of hydrogen-bond donors (Lipinski definition) is 0. The molecule has 34 heavy (non-hydrogen) atoms. The van der Waals surface area contributed by atoms with Gasteiger partial charge in [-0.2, -0.15) is 4.31 Å². The summed E-state index contributed by atoms with van der Waals surface area (Å²) in [5.41, 5.74) is 2.56. The molecule has 2 aromatic rings. The molecule has 5 rings (SSSR count). The number of rotatable bonds is 6. The Labute approximate surface area is 201 Å². The van der Waals surface area contributed by atoms with Crippen molar-refractivity contribution in [3.05, 3.63) is 71.8 Å². The minimum atomic E-state index is -3.69. The molecule has 0 aromatic heterocycles. The Balaban J connectivity index is 1.51. The topological polar surface area (TPSA) is 74.8 Å². The first-order chi connectivity index (χ1) is 16.3. The van der Waals surface area contributed by atoms with E-state index in [-0.39, 0.29) is 41.6 Å². The number of allylic oxidation sites excluding steroid dienone is 1. The molecule has 178 valence electrons. The number of benzene rings is 2. The van der Waals surface area contributed by atoms with Crippen LogP contribution in [-0.4, -0.2) is 37.6 Å². The number of nitrogens with zero attached hydrogens (tertiary/aromatic N) is 2. The van der Waals surface area contributed by atoms with Crippen LogP contribution in [0.4, 0.5) is 5.69 Å². The van der Waals surface area contributed by atoms with Crippen molar-refractivity contribution >= 4 is 27.5 Å². The Morgan fingerprint density at radius 1 is 0.941 bits per heavy atom. The van der Waals surface area contributed by atoms with Crippen LogP contribution in [0.5, 0.6) is 0 Å². The Morgan fingerprint density at radius 3 is 2.29 bits per heavy atom. The quantitative estimate of drug-likeness (QED) is 0.461. The number of sulfonamides is 1. The molecule has 6 nitrogen and oxygen atoms in total. The molecule has 2 amide bonds. The number of carbonyl (C=O) groups excluding carboxylic acids is 2. The average Bonchev–Trinajstić information content (AvgIpc) is 3.37. The second kappa shape index (κ2) is 8.78. The highest BCUT2D eigenvalue weighted by Crippen LogP contribution is 2.50. The van der Waals surface area contributed by atoms with Gasteiger partial charge in [0.05, 0.1) is 22.4 Å². The maximum Gasteiger partial charge on any atom is 0.243 e. The fraction of sp³-hybridized carbons (Fsp3) is 0.407. The number of hydrogen-bond acceptors (Lipinski definition) is 4. The minimum Gasteiger partial charge on any atom is -0.274 e. The van der Waals surface area contributed by atoms with Gasteiger partial charge in [-0.3, -0.25) is 14.5 Å². The molecular weight excluding hydrogens is 448 g/mol. The third-order valence-corrected chi connectivity index (χ3v) is 9.35. The molecule has 2 aromatic carbocycles. The first kappa shape index (κ1) is 23.0. The van der Waals surface area contributed by atoms with Crippen molar-refractivity contribution in [2.24, 2.45) is 23.7 Å². The van der Waals surface area contributed by atoms with E-state index in [4.69, 9.17) is 0 Å². The molecule has 3 aliphatic rings. The highest BCUT2D eigenvalue weighted by atomic mass is 32.2. The van der Waals surface area contributed by atoms with Crippen molar-refractivity contribution in [2.75, 3.05) is 18.0 Å². The summed E-state index contributed by atoms with van der Waals surface area (Å²) in [4.78, 5) is 28.9. The molecule has 2 fully saturated rings. The van der Waals surface area contributed by atoms with Gasteiger partial charge in [0, 0.05) is 19.0 Å². The summed E-state index contributed by atoms with van der Waals surface area (Å²) in [6, 6.07) is 15.9. The van der Waals surface area contributed by atoms with Crippen LogP contribution in [0, 0.1) is 30.6 Å². The molecule has 0 radical (unpaired) electrons. The van der Waals surface area contributed by atoms with Gasteiger partial charge in [-0.1, -0.05) is 67.3 Å². The lowest BCUT2D eigenvalue weighted by atomic mass is 9.68. The molecule has 2 heterocycles. The van der Waals surface area contributed by atoms with Crippen molar-refractivity contribution in [1.82, 2.24) is 4.31 Å². The molecule has 0 N–H and O–H groups in total. The zero-order valence-electron chi connectivity index (χ0n) is 19.6. The van der Waals surface area contributed by atoms with E-state index in [1.807, 2.05) is 25.1 Å². The van der Waals surface area contributed by atoms with Gasteiger partial charge in [0.25, 0.3) is 0 Å². The first-order valence-electron chi connectivity index (χ1n) is 12.0. The molecule has 0 bridgehead atoms. The van der Waals surface area contributed by atoms with Gasteiger partial charge in [-0.15, -0.1) is 0 Å². The third kappa shape index (κ3) is 3.71. The standard InChI is InChI=1S/C27H30N2O4S/c1-3-4-8-19-15-20-16-28(34(32,33)22-13-11-18(2)12-14-22)17-23(20)25-24(19)26(30)29(27(25)31)21-9-6-5-7-10-21/h5-7,9-15,19,23-25H,3-4,8,16-17H2,1-2H3/t19-,23+,24-,25+/m1/s1. The summed E-state index contributed by atoms with van der Waals surface area (Å²) in [5.74, 6) is -1.63. The maximum absolute atomic E-state index is 13.7. The van der Waals surface area contributed by atoms with E-state index in [1.54, 1.807) is 36.4 Å². The Hall–Kier alpha value is -2.77. The molecule has 0 spiro atoms. The number of carbonyl (C=O) groups is 2. The van der Waals surface area contributed by atoms with Crippen molar-refractivity contribution in [3.8, 4) is 0 Å². The summed E-state index contributed by atoms with van der Waals surface area (Å²) in [7, 11) is -3.69. The highest BCUT2D eigenvalue weighted by Gasteiger charge is 2.58. The first-order valence-corrected chi connectivity index (χ1v) is 13.5. The Kier molecular flexibility index (Phi) is 5.94. The molecule has 7 heteroatoms. The molecule has 4 atom stereocenters. The van der Waals surface area contributed by atoms with Crippen LogP contribution in [0.25, 0.3) is 0 Å². The van der Waals surface area contributed by atoms with Gasteiger partial charge in [0.2, 0.25) is 21.8 Å². The zero-order valence-corrected chi connectivity index (χ0v) is 20.4. The van der Waals surface area contributed by atoms with Gasteiger partial charge in [-0.05, 0) is 43.5 Å². The van der Waals surface area contributed by atoms with E-state index in [0.29, 0.717) is 5.69 Å². The molecule has 2 saturated heterocycles. The Morgan fingerprint density at radius 2 is 1.62 bits per heavy atom. The molecular formula is C27H30N2O4S. The Bertz CT molecular complexity index is 1240. The van der Waals surface area contributed by atoms with Crippen LogP contribution in [0.3, 0.4) is 0 Å². The van der Waals surface area contributed by atoms with Crippen LogP contribution >= 0.6 is 0 Å². The van der Waals surface area contributed by atoms with E-state index in [1.165, 1.54) is 9.21 Å². The summed E-state index contributed by atoms with van der Waals surface area (Å²) < 4.78 is 28.3. The lowest BCUT2D eigenvalue weighted by molar-refractivity contribution is -0.122. The van der Waals surface area contributed by atoms with Crippen LogP contribution < -0.4 is 4.90 Å². The fourth-order valence-electron chi connectivity index (χ4n) is 5.78. The van der Waals surface area contributed by atoms with Crippen LogP contribution in [0.1, 0.15) is 31.7 Å². The summed E-state index contributed by atoms with van der Waals surface area (Å²) in [5, 5.41) is 0. The van der Waals surface area contributed by atoms with E-state index in [9.17, 15) is 18.0 Å². The molecule has 2 aliphatic heterocycles. The number of imide groups is 1. The lowest BCUT2D eigenvalue weighted by Gasteiger charge is -2.32. The third-order valence-electron chi connectivity index (χ3n) is 7.52. The van der Waals surface area contributed by atoms with Crippen LogP contribution in [0.15, 0.2) is 71.1 Å². The number of aryl methyl sites for hydroxylation is 1. The van der Waals surface area contributed by atoms with Gasteiger partial charge < -0.3 is 0 Å². The van der Waals surface area contributed by atoms with E-state index < -0.39 is 21.9 Å². The second-order valence-corrected chi connectivity index (χ2v) is 11.6. The summed E-state index contributed by atoms with van der Waals surface area (Å²) in [6.07, 6.45) is 4.89. The predicted octanol–water partition coefficient (Wildman–Crippen LogP) is 4.17. The monoisotopic (exact) mass is 478 g/mol. The fourth-order valence-corrected chi connectivity index (χ4v) is 7.24. The van der Waals surface area contributed by atoms with Gasteiger partial charge >= 0.3 is 0 Å². The SMILES string of the molecule is CCCC[C@@H]1C=C2CN(S(=O)(=O)c3ccc(C)cc3)C[C@@H]2[C@@H]2C(=O)N(c3ccccc3)C(=O)[C@@H]21. The maximum atomic E-state index is 13.7. The second-order valence-electron chi connectivity index (χ2n) is 9.66. The van der Waals surface area contributed by atoms with Crippen molar-refractivity contribution in [2.45, 2.75) is 38.0 Å². The van der Waals surface area contributed by atoms with E-state index >= 15 is 0 Å². The molecule has 1 aliphatic carbocycles. The van der Waals surface area contributed by atoms with Gasteiger partial charge in [0.1, 0.15) is 0 Å². The minimum absolute atomic E-state index is 0.0524. The number of fused-ring (bicyclic) bond motifs is 3. The van der Waals surface area contributed by atoms with Gasteiger partial charge in [0.15, 0.2) is 0 Å². The average molecular weight is 479 g/mol. The van der Waals surface area contributed by atoms with Crippen LogP contribution in [0.2, 0.25) is 0 Å². The number of amides is 2. The summed E-state index contributed by atoms with van der Waals surface area (Å²) in [6.45, 7) is 4.54. The number of para-hydroxylation sites is 1.